The van der Waals surface area contributed by atoms with Gasteiger partial charge in [0.1, 0.15) is 5.75 Å². The number of nitrogens with zero attached hydrogens (tertiary/aromatic N) is 1. The number of nitrogens with two attached hydrogens (primary N) is 1. The molecule has 0 saturated heterocycles. The predicted octanol–water partition coefficient (Wildman–Crippen LogP) is 3.70. The molecule has 1 heterocycles. The molecule has 17 heavy (non-hydrogen) atoms. The lowest BCUT2D eigenvalue weighted by molar-refractivity contribution is 0.456. The quantitative estimate of drug-likeness (QED) is 0.793. The summed E-state index contributed by atoms with van der Waals surface area (Å²) in [5, 5.41) is 0. The lowest BCUT2D eigenvalue weighted by Crippen LogP contribution is -2.01. The molecule has 0 aliphatic rings. The van der Waals surface area contributed by atoms with Crippen LogP contribution in [-0.4, -0.2) is 4.98 Å². The lowest BCUT2D eigenvalue weighted by atomic mass is 10.3. The molecule has 1 aromatic heterocycles. The topological polar surface area (TPSA) is 48.1 Å². The first-order chi connectivity index (χ1) is 8.19. The van der Waals surface area contributed by atoms with Crippen LogP contribution < -0.4 is 10.5 Å². The average Bonchev–Trinajstić information content (AvgIpc) is 2.31. The zero-order valence-corrected chi connectivity index (χ0v) is 12.6. The Balaban J connectivity index is 2.29. The fourth-order valence-corrected chi connectivity index (χ4v) is 2.24. The standard InChI is InChI=1S/C12H10BrIN2O/c13-9-4-8(6-15)12(16-7-9)17-11-3-1-2-10(14)5-11/h1-5,7H,6,15H2. The molecule has 0 aliphatic carbocycles. The van der Waals surface area contributed by atoms with E-state index in [1.54, 1.807) is 6.20 Å². The maximum Gasteiger partial charge on any atom is 0.223 e. The van der Waals surface area contributed by atoms with Crippen molar-refractivity contribution in [2.24, 2.45) is 5.73 Å². The Bertz CT molecular complexity index is 534. The zero-order valence-electron chi connectivity index (χ0n) is 8.86. The first-order valence-electron chi connectivity index (χ1n) is 4.97. The molecule has 2 N–H and O–H groups in total. The van der Waals surface area contributed by atoms with E-state index in [0.717, 1.165) is 19.4 Å². The van der Waals surface area contributed by atoms with E-state index < -0.39 is 0 Å². The predicted molar refractivity (Wildman–Crippen MR) is 79.1 cm³/mol. The number of hydrogen-bond donors (Lipinski definition) is 1. The van der Waals surface area contributed by atoms with Gasteiger partial charge in [0.05, 0.1) is 0 Å². The Kier molecular flexibility index (Phi) is 4.36. The Morgan fingerprint density at radius 1 is 1.35 bits per heavy atom. The molecule has 0 spiro atoms. The summed E-state index contributed by atoms with van der Waals surface area (Å²) < 4.78 is 7.73. The van der Waals surface area contributed by atoms with Crippen LogP contribution in [0.25, 0.3) is 0 Å². The van der Waals surface area contributed by atoms with Gasteiger partial charge >= 0.3 is 0 Å². The smallest absolute Gasteiger partial charge is 0.223 e. The van der Waals surface area contributed by atoms with E-state index >= 15 is 0 Å². The maximum absolute atomic E-state index is 5.72. The minimum absolute atomic E-state index is 0.395. The number of hydrogen-bond acceptors (Lipinski definition) is 3. The number of rotatable bonds is 3. The normalized spacial score (nSPS) is 10.3. The van der Waals surface area contributed by atoms with Gasteiger partial charge in [-0.2, -0.15) is 0 Å². The molecule has 1 aromatic carbocycles. The summed E-state index contributed by atoms with van der Waals surface area (Å²) in [7, 11) is 0. The van der Waals surface area contributed by atoms with Crippen molar-refractivity contribution in [3.8, 4) is 11.6 Å². The second-order valence-corrected chi connectivity index (χ2v) is 5.54. The minimum atomic E-state index is 0.395. The molecular formula is C12H10BrIN2O. The van der Waals surface area contributed by atoms with E-state index in [4.69, 9.17) is 10.5 Å². The van der Waals surface area contributed by atoms with Crippen LogP contribution in [0.2, 0.25) is 0 Å². The van der Waals surface area contributed by atoms with Gasteiger partial charge in [-0.3, -0.25) is 0 Å². The van der Waals surface area contributed by atoms with Crippen molar-refractivity contribution in [2.75, 3.05) is 0 Å². The van der Waals surface area contributed by atoms with Crippen LogP contribution in [0.1, 0.15) is 5.56 Å². The number of aromatic nitrogens is 1. The first-order valence-corrected chi connectivity index (χ1v) is 6.84. The largest absolute Gasteiger partial charge is 0.439 e. The van der Waals surface area contributed by atoms with Crippen LogP contribution in [0.4, 0.5) is 0 Å². The van der Waals surface area contributed by atoms with Crippen molar-refractivity contribution in [1.29, 1.82) is 0 Å². The molecule has 0 radical (unpaired) electrons. The minimum Gasteiger partial charge on any atom is -0.439 e. The summed E-state index contributed by atoms with van der Waals surface area (Å²) in [5.41, 5.74) is 6.53. The molecule has 0 unspecified atom stereocenters. The van der Waals surface area contributed by atoms with Gasteiger partial charge in [-0.1, -0.05) is 6.07 Å². The molecule has 2 rings (SSSR count). The number of pyridine rings is 1. The molecule has 5 heteroatoms. The van der Waals surface area contributed by atoms with E-state index in [2.05, 4.69) is 43.5 Å². The highest BCUT2D eigenvalue weighted by molar-refractivity contribution is 14.1. The van der Waals surface area contributed by atoms with Crippen LogP contribution in [0.3, 0.4) is 0 Å². The highest BCUT2D eigenvalue weighted by Gasteiger charge is 2.06. The highest BCUT2D eigenvalue weighted by Crippen LogP contribution is 2.26. The molecule has 3 nitrogen and oxygen atoms in total. The van der Waals surface area contributed by atoms with Gasteiger partial charge in [-0.15, -0.1) is 0 Å². The van der Waals surface area contributed by atoms with Gasteiger partial charge in [0, 0.05) is 26.3 Å². The summed E-state index contributed by atoms with van der Waals surface area (Å²) >= 11 is 5.60. The van der Waals surface area contributed by atoms with E-state index in [1.165, 1.54) is 0 Å². The van der Waals surface area contributed by atoms with E-state index in [1.807, 2.05) is 30.3 Å². The fourth-order valence-electron chi connectivity index (χ4n) is 1.35. The van der Waals surface area contributed by atoms with Crippen molar-refractivity contribution in [3.63, 3.8) is 0 Å². The van der Waals surface area contributed by atoms with E-state index in [9.17, 15) is 0 Å². The van der Waals surface area contributed by atoms with Crippen LogP contribution >= 0.6 is 38.5 Å². The van der Waals surface area contributed by atoms with Gasteiger partial charge in [-0.05, 0) is 62.8 Å². The third kappa shape index (κ3) is 3.40. The van der Waals surface area contributed by atoms with Crippen LogP contribution in [0.15, 0.2) is 41.0 Å². The molecule has 0 fully saturated rings. The third-order valence-electron chi connectivity index (χ3n) is 2.12. The van der Waals surface area contributed by atoms with Crippen LogP contribution in [-0.2, 0) is 6.54 Å². The Labute approximate surface area is 122 Å². The van der Waals surface area contributed by atoms with Crippen molar-refractivity contribution in [3.05, 3.63) is 50.1 Å². The van der Waals surface area contributed by atoms with Gasteiger partial charge in [0.2, 0.25) is 5.88 Å². The Morgan fingerprint density at radius 2 is 2.18 bits per heavy atom. The molecule has 0 aliphatic heterocycles. The monoisotopic (exact) mass is 404 g/mol. The molecule has 0 amide bonds. The van der Waals surface area contributed by atoms with Gasteiger partial charge in [-0.25, -0.2) is 4.98 Å². The summed E-state index contributed by atoms with van der Waals surface area (Å²) in [4.78, 5) is 4.22. The molecule has 0 saturated carbocycles. The summed E-state index contributed by atoms with van der Waals surface area (Å²) in [5.74, 6) is 1.32. The van der Waals surface area contributed by atoms with Crippen molar-refractivity contribution in [2.45, 2.75) is 6.54 Å². The average molecular weight is 405 g/mol. The maximum atomic E-state index is 5.72. The fraction of sp³-hybridized carbons (Fsp3) is 0.0833. The first kappa shape index (κ1) is 12.8. The zero-order chi connectivity index (χ0) is 12.3. The SMILES string of the molecule is NCc1cc(Br)cnc1Oc1cccc(I)c1. The van der Waals surface area contributed by atoms with Gasteiger partial charge < -0.3 is 10.5 Å². The van der Waals surface area contributed by atoms with Crippen molar-refractivity contribution in [1.82, 2.24) is 4.98 Å². The second-order valence-electron chi connectivity index (χ2n) is 3.38. The summed E-state index contributed by atoms with van der Waals surface area (Å²) in [6, 6.07) is 9.71. The molecular weight excluding hydrogens is 395 g/mol. The Morgan fingerprint density at radius 3 is 2.88 bits per heavy atom. The lowest BCUT2D eigenvalue weighted by Gasteiger charge is -2.09. The summed E-state index contributed by atoms with van der Waals surface area (Å²) in [6.07, 6.45) is 1.70. The molecule has 0 bridgehead atoms. The summed E-state index contributed by atoms with van der Waals surface area (Å²) in [6.45, 7) is 0.395. The van der Waals surface area contributed by atoms with Crippen LogP contribution in [0, 0.1) is 3.57 Å². The number of benzene rings is 1. The highest BCUT2D eigenvalue weighted by atomic mass is 127. The van der Waals surface area contributed by atoms with Gasteiger partial charge in [0.25, 0.3) is 0 Å². The van der Waals surface area contributed by atoms with E-state index in [0.29, 0.717) is 12.4 Å². The molecule has 2 aromatic rings. The number of halogens is 2. The molecule has 0 atom stereocenters. The second kappa shape index (κ2) is 5.79. The van der Waals surface area contributed by atoms with Crippen LogP contribution in [0.5, 0.6) is 11.6 Å². The van der Waals surface area contributed by atoms with Crippen molar-refractivity contribution >= 4 is 38.5 Å². The third-order valence-corrected chi connectivity index (χ3v) is 3.23. The number of ether oxygens (including phenoxy) is 1. The Hall–Kier alpha value is -0.660. The van der Waals surface area contributed by atoms with E-state index in [-0.39, 0.29) is 0 Å². The van der Waals surface area contributed by atoms with Gasteiger partial charge in [0.15, 0.2) is 0 Å². The molecule has 88 valence electrons. The van der Waals surface area contributed by atoms with Crippen molar-refractivity contribution < 1.29 is 4.74 Å².